The first-order chi connectivity index (χ1) is 11.8. The summed E-state index contributed by atoms with van der Waals surface area (Å²) in [6.45, 7) is 1.51. The summed E-state index contributed by atoms with van der Waals surface area (Å²) in [5.41, 5.74) is 1.78. The lowest BCUT2D eigenvalue weighted by Crippen LogP contribution is -2.34. The molecule has 1 aromatic carbocycles. The quantitative estimate of drug-likeness (QED) is 0.449. The number of aryl methyl sites for hydroxylation is 1. The van der Waals surface area contributed by atoms with Gasteiger partial charge in [0.25, 0.3) is 5.91 Å². The molecule has 25 heavy (non-hydrogen) atoms. The highest BCUT2D eigenvalue weighted by Crippen LogP contribution is 2.05. The van der Waals surface area contributed by atoms with Crippen molar-refractivity contribution >= 4 is 28.0 Å². The van der Waals surface area contributed by atoms with Gasteiger partial charge in [0.05, 0.1) is 6.61 Å². The first kappa shape index (κ1) is 20.8. The summed E-state index contributed by atoms with van der Waals surface area (Å²) in [4.78, 5) is 22.8. The van der Waals surface area contributed by atoms with Crippen LogP contribution in [0.3, 0.4) is 0 Å². The molecule has 1 aromatic rings. The zero-order chi connectivity index (χ0) is 18.7. The Labute approximate surface area is 147 Å². The summed E-state index contributed by atoms with van der Waals surface area (Å²) in [5.74, 6) is -1.35. The molecule has 0 aromatic heterocycles. The summed E-state index contributed by atoms with van der Waals surface area (Å²) in [7, 11) is -2.30. The highest BCUT2D eigenvalue weighted by Gasteiger charge is 2.11. The van der Waals surface area contributed by atoms with Crippen LogP contribution in [0.25, 0.3) is 6.08 Å². The van der Waals surface area contributed by atoms with Gasteiger partial charge in [-0.05, 0) is 18.6 Å². The molecule has 1 rings (SSSR count). The molecule has 8 nitrogen and oxygen atoms in total. The number of benzene rings is 1. The second-order valence-electron chi connectivity index (χ2n) is 5.08. The van der Waals surface area contributed by atoms with E-state index in [0.717, 1.165) is 11.0 Å². The Morgan fingerprint density at radius 3 is 2.52 bits per heavy atom. The molecule has 9 heteroatoms. The number of hydrogen-bond donors (Lipinski definition) is 2. The van der Waals surface area contributed by atoms with E-state index in [4.69, 9.17) is 4.74 Å². The van der Waals surface area contributed by atoms with Crippen LogP contribution in [0, 0.1) is 6.92 Å². The summed E-state index contributed by atoms with van der Waals surface area (Å²) in [6.07, 6.45) is 1.41. The first-order valence-electron chi connectivity index (χ1n) is 7.48. The molecule has 0 aliphatic heterocycles. The van der Waals surface area contributed by atoms with Gasteiger partial charge < -0.3 is 14.8 Å². The standard InChI is InChI=1S/C16H22N2O6S/c1-13-3-5-14(6-4-13)7-10-25(21,22)18-11-16(20)24-12-15(19)17-8-9-23-2/h3-7,10,18H,8-9,11-12H2,1-2H3,(H,17,19)/b10-7+. The Morgan fingerprint density at radius 1 is 1.20 bits per heavy atom. The van der Waals surface area contributed by atoms with Gasteiger partial charge in [-0.25, -0.2) is 13.1 Å². The second-order valence-corrected chi connectivity index (χ2v) is 6.73. The predicted octanol–water partition coefficient (Wildman–Crippen LogP) is 0.191. The molecule has 0 aliphatic carbocycles. The summed E-state index contributed by atoms with van der Waals surface area (Å²) >= 11 is 0. The first-order valence-corrected chi connectivity index (χ1v) is 9.03. The Hall–Kier alpha value is -2.23. The number of nitrogens with one attached hydrogen (secondary N) is 2. The Balaban J connectivity index is 2.36. The fraction of sp³-hybridized carbons (Fsp3) is 0.375. The lowest BCUT2D eigenvalue weighted by atomic mass is 10.2. The van der Waals surface area contributed by atoms with Crippen LogP contribution < -0.4 is 10.0 Å². The van der Waals surface area contributed by atoms with Crippen molar-refractivity contribution in [1.82, 2.24) is 10.0 Å². The van der Waals surface area contributed by atoms with Gasteiger partial charge in [-0.3, -0.25) is 9.59 Å². The smallest absolute Gasteiger partial charge is 0.321 e. The van der Waals surface area contributed by atoms with E-state index in [-0.39, 0.29) is 0 Å². The molecule has 0 radical (unpaired) electrons. The molecule has 0 saturated carbocycles. The van der Waals surface area contributed by atoms with E-state index >= 15 is 0 Å². The van der Waals surface area contributed by atoms with E-state index in [1.807, 2.05) is 19.1 Å². The number of ether oxygens (including phenoxy) is 2. The molecule has 0 unspecified atom stereocenters. The van der Waals surface area contributed by atoms with Gasteiger partial charge in [0, 0.05) is 19.1 Å². The van der Waals surface area contributed by atoms with Gasteiger partial charge in [0.2, 0.25) is 10.0 Å². The highest BCUT2D eigenvalue weighted by molar-refractivity contribution is 7.92. The Bertz CT molecular complexity index is 698. The van der Waals surface area contributed by atoms with Crippen molar-refractivity contribution in [3.8, 4) is 0 Å². The van der Waals surface area contributed by atoms with Crippen LogP contribution in [-0.4, -0.2) is 53.7 Å². The molecule has 0 bridgehead atoms. The second kappa shape index (κ2) is 10.6. The van der Waals surface area contributed by atoms with Gasteiger partial charge in [-0.15, -0.1) is 0 Å². The van der Waals surface area contributed by atoms with Gasteiger partial charge in [0.15, 0.2) is 6.61 Å². The van der Waals surface area contributed by atoms with Crippen LogP contribution >= 0.6 is 0 Å². The van der Waals surface area contributed by atoms with E-state index in [0.29, 0.717) is 18.7 Å². The maximum Gasteiger partial charge on any atom is 0.321 e. The van der Waals surface area contributed by atoms with Crippen molar-refractivity contribution in [3.63, 3.8) is 0 Å². The highest BCUT2D eigenvalue weighted by atomic mass is 32.2. The minimum atomic E-state index is -3.79. The largest absolute Gasteiger partial charge is 0.455 e. The molecule has 0 fully saturated rings. The molecule has 1 amide bonds. The number of amides is 1. The predicted molar refractivity (Wildman–Crippen MR) is 93.0 cm³/mol. The average Bonchev–Trinajstić information content (AvgIpc) is 2.58. The number of methoxy groups -OCH3 is 1. The molecular formula is C16H22N2O6S. The summed E-state index contributed by atoms with van der Waals surface area (Å²) < 4.78 is 35.1. The van der Waals surface area contributed by atoms with Crippen molar-refractivity contribution in [2.24, 2.45) is 0 Å². The van der Waals surface area contributed by atoms with E-state index in [2.05, 4.69) is 14.8 Å². The van der Waals surface area contributed by atoms with Crippen molar-refractivity contribution in [1.29, 1.82) is 0 Å². The number of sulfonamides is 1. The number of carbonyl (C=O) groups is 2. The number of rotatable bonds is 10. The van der Waals surface area contributed by atoms with Gasteiger partial charge in [0.1, 0.15) is 6.54 Å². The minimum Gasteiger partial charge on any atom is -0.455 e. The number of esters is 1. The third-order valence-electron chi connectivity index (χ3n) is 2.93. The zero-order valence-corrected chi connectivity index (χ0v) is 15.0. The van der Waals surface area contributed by atoms with Gasteiger partial charge in [-0.1, -0.05) is 29.8 Å². The van der Waals surface area contributed by atoms with E-state index in [9.17, 15) is 18.0 Å². The SMILES string of the molecule is COCCNC(=O)COC(=O)CNS(=O)(=O)/C=C/c1ccc(C)cc1. The fourth-order valence-electron chi connectivity index (χ4n) is 1.59. The van der Waals surface area contributed by atoms with E-state index in [1.54, 1.807) is 12.1 Å². The monoisotopic (exact) mass is 370 g/mol. The Kier molecular flexibility index (Phi) is 8.82. The number of carbonyl (C=O) groups excluding carboxylic acids is 2. The van der Waals surface area contributed by atoms with E-state index < -0.39 is 35.1 Å². The van der Waals surface area contributed by atoms with Crippen LogP contribution in [0.1, 0.15) is 11.1 Å². The number of hydrogen-bond acceptors (Lipinski definition) is 6. The van der Waals surface area contributed by atoms with Crippen molar-refractivity contribution in [2.75, 3.05) is 33.4 Å². The molecule has 0 aliphatic rings. The lowest BCUT2D eigenvalue weighted by Gasteiger charge is -2.06. The molecular weight excluding hydrogens is 348 g/mol. The third kappa shape index (κ3) is 9.60. The lowest BCUT2D eigenvalue weighted by molar-refractivity contribution is -0.147. The van der Waals surface area contributed by atoms with Crippen LogP contribution in [0.2, 0.25) is 0 Å². The summed E-state index contributed by atoms with van der Waals surface area (Å²) in [6, 6.07) is 7.26. The van der Waals surface area contributed by atoms with Crippen LogP contribution in [0.15, 0.2) is 29.7 Å². The minimum absolute atomic E-state index is 0.295. The van der Waals surface area contributed by atoms with Crippen LogP contribution in [-0.2, 0) is 29.1 Å². The molecule has 0 atom stereocenters. The molecule has 0 spiro atoms. The van der Waals surface area contributed by atoms with Crippen molar-refractivity contribution < 1.29 is 27.5 Å². The van der Waals surface area contributed by atoms with Crippen molar-refractivity contribution in [2.45, 2.75) is 6.92 Å². The topological polar surface area (TPSA) is 111 Å². The van der Waals surface area contributed by atoms with Gasteiger partial charge in [-0.2, -0.15) is 0 Å². The third-order valence-corrected chi connectivity index (χ3v) is 3.97. The fourth-order valence-corrected chi connectivity index (χ4v) is 2.35. The normalized spacial score (nSPS) is 11.4. The molecule has 2 N–H and O–H groups in total. The van der Waals surface area contributed by atoms with E-state index in [1.165, 1.54) is 13.2 Å². The summed E-state index contributed by atoms with van der Waals surface area (Å²) in [5, 5.41) is 3.42. The molecule has 0 heterocycles. The van der Waals surface area contributed by atoms with Crippen molar-refractivity contribution in [3.05, 3.63) is 40.8 Å². The Morgan fingerprint density at radius 2 is 1.88 bits per heavy atom. The molecule has 138 valence electrons. The van der Waals surface area contributed by atoms with Crippen LogP contribution in [0.5, 0.6) is 0 Å². The van der Waals surface area contributed by atoms with Gasteiger partial charge >= 0.3 is 5.97 Å². The maximum absolute atomic E-state index is 11.8. The van der Waals surface area contributed by atoms with Crippen LogP contribution in [0.4, 0.5) is 0 Å². The maximum atomic E-state index is 11.8. The average molecular weight is 370 g/mol. The molecule has 0 saturated heterocycles. The zero-order valence-electron chi connectivity index (χ0n) is 14.2.